The number of alkyl halides is 1. The summed E-state index contributed by atoms with van der Waals surface area (Å²) in [5.74, 6) is 3.00. The van der Waals surface area contributed by atoms with E-state index in [1.54, 1.807) is 13.8 Å². The largest absolute Gasteiger partial charge is 0.462 e. The lowest BCUT2D eigenvalue weighted by molar-refractivity contribution is -0.166. The first-order chi connectivity index (χ1) is 15.4. The van der Waals surface area contributed by atoms with Gasteiger partial charge in [-0.2, -0.15) is 0 Å². The number of rotatable bonds is 6. The molecular weight excluding hydrogens is 415 g/mol. The minimum absolute atomic E-state index is 0.147. The van der Waals surface area contributed by atoms with Crippen LogP contribution in [0.5, 0.6) is 0 Å². The van der Waals surface area contributed by atoms with E-state index in [9.17, 15) is 14.3 Å². The molecule has 0 bridgehead atoms. The Morgan fingerprint density at radius 2 is 2.00 bits per heavy atom. The van der Waals surface area contributed by atoms with Crippen LogP contribution < -0.4 is 0 Å². The molecule has 3 nitrogen and oxygen atoms in total. The van der Waals surface area contributed by atoms with Crippen molar-refractivity contribution in [1.29, 1.82) is 0 Å². The van der Waals surface area contributed by atoms with Gasteiger partial charge >= 0.3 is 5.97 Å². The molecule has 4 rings (SSSR count). The summed E-state index contributed by atoms with van der Waals surface area (Å²) < 4.78 is 19.9. The van der Waals surface area contributed by atoms with Gasteiger partial charge in [0.05, 0.1) is 6.10 Å². The summed E-state index contributed by atoms with van der Waals surface area (Å²) in [5, 5.41) is 10.5. The second-order valence-electron chi connectivity index (χ2n) is 13.1. The highest BCUT2D eigenvalue weighted by atomic mass is 19.1. The zero-order valence-corrected chi connectivity index (χ0v) is 21.8. The average Bonchev–Trinajstić information content (AvgIpc) is 3.05. The van der Waals surface area contributed by atoms with Gasteiger partial charge in [0, 0.05) is 18.8 Å². The Balaban J connectivity index is 1.53. The van der Waals surface area contributed by atoms with Crippen molar-refractivity contribution in [3.63, 3.8) is 0 Å². The van der Waals surface area contributed by atoms with Crippen LogP contribution in [0.3, 0.4) is 0 Å². The van der Waals surface area contributed by atoms with Gasteiger partial charge < -0.3 is 9.84 Å². The zero-order chi connectivity index (χ0) is 24.2. The fourth-order valence-corrected chi connectivity index (χ4v) is 9.07. The molecule has 0 saturated heterocycles. The number of fused-ring (bicyclic) bond motifs is 5. The van der Waals surface area contributed by atoms with Crippen molar-refractivity contribution in [3.05, 3.63) is 11.6 Å². The average molecular weight is 463 g/mol. The van der Waals surface area contributed by atoms with Crippen molar-refractivity contribution in [3.8, 4) is 0 Å². The smallest absolute Gasteiger partial charge is 0.302 e. The lowest BCUT2D eigenvalue weighted by atomic mass is 9.46. The van der Waals surface area contributed by atoms with Crippen LogP contribution in [0.15, 0.2) is 11.6 Å². The second-order valence-corrected chi connectivity index (χ2v) is 13.1. The molecule has 0 heterocycles. The van der Waals surface area contributed by atoms with Gasteiger partial charge in [0.25, 0.3) is 0 Å². The van der Waals surface area contributed by atoms with Gasteiger partial charge in [-0.15, -0.1) is 0 Å². The third-order valence-electron chi connectivity index (χ3n) is 10.6. The van der Waals surface area contributed by atoms with Crippen molar-refractivity contribution in [2.45, 2.75) is 124 Å². The monoisotopic (exact) mass is 462 g/mol. The summed E-state index contributed by atoms with van der Waals surface area (Å²) in [4.78, 5) is 11.9. The maximum atomic E-state index is 14.0. The Labute approximate surface area is 200 Å². The topological polar surface area (TPSA) is 46.5 Å². The van der Waals surface area contributed by atoms with Crippen molar-refractivity contribution in [2.75, 3.05) is 0 Å². The first-order valence-electron chi connectivity index (χ1n) is 13.6. The highest BCUT2D eigenvalue weighted by molar-refractivity contribution is 5.66. The number of aliphatic hydroxyl groups excluding tert-OH is 1. The highest BCUT2D eigenvalue weighted by Gasteiger charge is 2.61. The van der Waals surface area contributed by atoms with Gasteiger partial charge in [-0.1, -0.05) is 45.3 Å². The van der Waals surface area contributed by atoms with E-state index in [2.05, 4.69) is 26.8 Å². The second kappa shape index (κ2) is 8.95. The van der Waals surface area contributed by atoms with Crippen LogP contribution in [0.4, 0.5) is 4.39 Å². The predicted molar refractivity (Wildman–Crippen MR) is 130 cm³/mol. The Morgan fingerprint density at radius 1 is 1.27 bits per heavy atom. The summed E-state index contributed by atoms with van der Waals surface area (Å²) in [6.07, 6.45) is 11.9. The summed E-state index contributed by atoms with van der Waals surface area (Å²) in [6.45, 7) is 12.2. The minimum atomic E-state index is -1.06. The Morgan fingerprint density at radius 3 is 2.67 bits per heavy atom. The van der Waals surface area contributed by atoms with Gasteiger partial charge in [-0.3, -0.25) is 4.79 Å². The lowest BCUT2D eigenvalue weighted by Crippen LogP contribution is -2.56. The van der Waals surface area contributed by atoms with Crippen LogP contribution in [0, 0.1) is 40.4 Å². The summed E-state index contributed by atoms with van der Waals surface area (Å²) in [5.41, 5.74) is 0.478. The third-order valence-corrected chi connectivity index (χ3v) is 10.6. The van der Waals surface area contributed by atoms with E-state index in [-0.39, 0.29) is 17.5 Å². The molecule has 33 heavy (non-hydrogen) atoms. The number of ether oxygens (including phenoxy) is 1. The van der Waals surface area contributed by atoms with Gasteiger partial charge in [0.2, 0.25) is 0 Å². The standard InChI is InChI=1S/C29H47FO3/c1-18(8-7-14-27(3,4)30)23-11-12-24-22-10-9-20-16-21(32)17-26(33-19(2)31)29(20,6)25(22)13-15-28(23,24)5/h9,18,21-26,32H,7-8,10-17H2,1-6H3/t18-,21+,22-,23-,24+,25+,26?,28-,29-/m1/s1. The molecule has 0 amide bonds. The molecule has 0 spiro atoms. The normalized spacial score (nSPS) is 43.7. The molecule has 188 valence electrons. The predicted octanol–water partition coefficient (Wildman–Crippen LogP) is 7.02. The lowest BCUT2D eigenvalue weighted by Gasteiger charge is -2.60. The molecule has 1 unspecified atom stereocenters. The number of hydrogen-bond donors (Lipinski definition) is 1. The van der Waals surface area contributed by atoms with E-state index < -0.39 is 11.8 Å². The van der Waals surface area contributed by atoms with Gasteiger partial charge in [-0.25, -0.2) is 4.39 Å². The minimum Gasteiger partial charge on any atom is -0.462 e. The number of carbonyl (C=O) groups is 1. The maximum absolute atomic E-state index is 14.0. The Bertz CT molecular complexity index is 769. The van der Waals surface area contributed by atoms with Crippen LogP contribution in [0.1, 0.15) is 106 Å². The van der Waals surface area contributed by atoms with Gasteiger partial charge in [0.15, 0.2) is 0 Å². The van der Waals surface area contributed by atoms with E-state index >= 15 is 0 Å². The van der Waals surface area contributed by atoms with Crippen LogP contribution in [-0.4, -0.2) is 29.0 Å². The van der Waals surface area contributed by atoms with Crippen LogP contribution in [0.2, 0.25) is 0 Å². The van der Waals surface area contributed by atoms with E-state index in [4.69, 9.17) is 4.74 Å². The summed E-state index contributed by atoms with van der Waals surface area (Å²) >= 11 is 0. The summed E-state index contributed by atoms with van der Waals surface area (Å²) in [7, 11) is 0. The van der Waals surface area contributed by atoms with Crippen LogP contribution >= 0.6 is 0 Å². The Kier molecular flexibility index (Phi) is 6.84. The number of aliphatic hydroxyl groups is 1. The molecule has 0 aromatic carbocycles. The molecule has 1 N–H and O–H groups in total. The van der Waals surface area contributed by atoms with Gasteiger partial charge in [-0.05, 0) is 93.8 Å². The molecule has 3 saturated carbocycles. The third kappa shape index (κ3) is 4.55. The molecule has 9 atom stereocenters. The molecular formula is C29H47FO3. The molecule has 3 fully saturated rings. The van der Waals surface area contributed by atoms with Crippen molar-refractivity contribution >= 4 is 5.97 Å². The molecule has 4 heteroatoms. The number of allylic oxidation sites excluding steroid dienone is 1. The maximum Gasteiger partial charge on any atom is 0.302 e. The van der Waals surface area contributed by atoms with E-state index in [1.807, 2.05) is 0 Å². The van der Waals surface area contributed by atoms with E-state index in [0.717, 1.165) is 31.6 Å². The van der Waals surface area contributed by atoms with Gasteiger partial charge in [0.1, 0.15) is 11.8 Å². The van der Waals surface area contributed by atoms with Crippen molar-refractivity contribution in [2.24, 2.45) is 40.4 Å². The molecule has 0 aliphatic heterocycles. The Hall–Kier alpha value is -0.900. The zero-order valence-electron chi connectivity index (χ0n) is 21.8. The molecule has 4 aliphatic rings. The first-order valence-corrected chi connectivity index (χ1v) is 13.6. The highest BCUT2D eigenvalue weighted by Crippen LogP contribution is 2.67. The number of esters is 1. The van der Waals surface area contributed by atoms with Crippen LogP contribution in [0.25, 0.3) is 0 Å². The number of carbonyl (C=O) groups excluding carboxylic acids is 1. The van der Waals surface area contributed by atoms with Crippen LogP contribution in [-0.2, 0) is 9.53 Å². The summed E-state index contributed by atoms with van der Waals surface area (Å²) in [6, 6.07) is 0. The van der Waals surface area contributed by atoms with E-state index in [1.165, 1.54) is 38.2 Å². The fourth-order valence-electron chi connectivity index (χ4n) is 9.07. The molecule has 0 radical (unpaired) electrons. The fraction of sp³-hybridized carbons (Fsp3) is 0.897. The molecule has 0 aromatic rings. The number of halogens is 1. The number of hydrogen-bond acceptors (Lipinski definition) is 3. The molecule has 0 aromatic heterocycles. The molecule has 4 aliphatic carbocycles. The van der Waals surface area contributed by atoms with Crippen molar-refractivity contribution < 1.29 is 19.0 Å². The SMILES string of the molecule is CC(=O)OC1C[C@@H](O)CC2=CC[C@@H]3[C@@H]4CC[C@H]([C@H](C)CCCC(C)(C)F)[C@@]4(C)CC[C@@H]3[C@@]21C. The van der Waals surface area contributed by atoms with E-state index in [0.29, 0.717) is 41.9 Å². The van der Waals surface area contributed by atoms with Crippen molar-refractivity contribution in [1.82, 2.24) is 0 Å². The quantitative estimate of drug-likeness (QED) is 0.341. The first kappa shape index (κ1) is 25.2.